The van der Waals surface area contributed by atoms with Crippen molar-refractivity contribution < 1.29 is 9.21 Å². The normalized spacial score (nSPS) is 11.2. The molecule has 0 unspecified atom stereocenters. The van der Waals surface area contributed by atoms with Gasteiger partial charge in [-0.05, 0) is 31.2 Å². The predicted octanol–water partition coefficient (Wildman–Crippen LogP) is 1.72. The van der Waals surface area contributed by atoms with E-state index in [1.807, 2.05) is 6.92 Å². The second kappa shape index (κ2) is 4.80. The summed E-state index contributed by atoms with van der Waals surface area (Å²) in [6.45, 7) is 1.83. The Bertz CT molecular complexity index is 1110. The maximum atomic E-state index is 12.4. The van der Waals surface area contributed by atoms with Crippen molar-refractivity contribution in [3.63, 3.8) is 0 Å². The van der Waals surface area contributed by atoms with Gasteiger partial charge in [0.1, 0.15) is 5.82 Å². The van der Waals surface area contributed by atoms with E-state index in [2.05, 4.69) is 20.5 Å². The monoisotopic (exact) mass is 309 g/mol. The van der Waals surface area contributed by atoms with E-state index in [0.29, 0.717) is 28.0 Å². The largest absolute Gasteiger partial charge is 0.417 e. The Morgan fingerprint density at radius 1 is 1.30 bits per heavy atom. The number of para-hydroxylation sites is 1. The van der Waals surface area contributed by atoms with E-state index in [-0.39, 0.29) is 5.91 Å². The van der Waals surface area contributed by atoms with Gasteiger partial charge in [-0.25, -0.2) is 4.79 Å². The summed E-state index contributed by atoms with van der Waals surface area (Å²) in [5.74, 6) is -0.155. The number of aromatic nitrogens is 4. The van der Waals surface area contributed by atoms with Crippen molar-refractivity contribution in [2.45, 2.75) is 6.92 Å². The number of nitrogens with zero attached hydrogens (tertiary/aromatic N) is 3. The van der Waals surface area contributed by atoms with Crippen LogP contribution in [0.25, 0.3) is 16.7 Å². The van der Waals surface area contributed by atoms with E-state index in [1.165, 1.54) is 0 Å². The van der Waals surface area contributed by atoms with Crippen LogP contribution in [0.15, 0.2) is 45.7 Å². The summed E-state index contributed by atoms with van der Waals surface area (Å²) in [7, 11) is 0. The topological polar surface area (TPSA) is 105 Å². The van der Waals surface area contributed by atoms with Gasteiger partial charge in [0.05, 0.1) is 11.2 Å². The van der Waals surface area contributed by atoms with Gasteiger partial charge in [-0.1, -0.05) is 6.07 Å². The van der Waals surface area contributed by atoms with Crippen molar-refractivity contribution in [1.82, 2.24) is 19.6 Å². The van der Waals surface area contributed by atoms with Crippen molar-refractivity contribution in [3.8, 4) is 0 Å². The number of hydrogen-bond donors (Lipinski definition) is 2. The molecular formula is C15H11N5O3. The molecule has 23 heavy (non-hydrogen) atoms. The summed E-state index contributed by atoms with van der Waals surface area (Å²) in [6, 6.07) is 8.39. The van der Waals surface area contributed by atoms with Crippen molar-refractivity contribution in [1.29, 1.82) is 0 Å². The van der Waals surface area contributed by atoms with Crippen LogP contribution in [0.2, 0.25) is 0 Å². The molecular weight excluding hydrogens is 298 g/mol. The Morgan fingerprint density at radius 3 is 3.04 bits per heavy atom. The Kier molecular flexibility index (Phi) is 2.77. The van der Waals surface area contributed by atoms with Gasteiger partial charge >= 0.3 is 5.76 Å². The minimum absolute atomic E-state index is 0.310. The fraction of sp³-hybridized carbons (Fsp3) is 0.0667. The standard InChI is InChI=1S/C15H11N5O3/c1-8-18-19-12-7-9(5-6-20(8)12)14(21)16-10-3-2-4-11-13(10)23-15(22)17-11/h2-7H,1H3,(H,16,21)(H,17,22). The van der Waals surface area contributed by atoms with Crippen LogP contribution in [0.4, 0.5) is 5.69 Å². The first-order valence-corrected chi connectivity index (χ1v) is 6.86. The van der Waals surface area contributed by atoms with E-state index in [4.69, 9.17) is 4.42 Å². The number of fused-ring (bicyclic) bond motifs is 2. The zero-order valence-electron chi connectivity index (χ0n) is 12.0. The van der Waals surface area contributed by atoms with Gasteiger partial charge in [-0.3, -0.25) is 14.2 Å². The first-order valence-electron chi connectivity index (χ1n) is 6.86. The molecule has 4 aromatic rings. The average Bonchev–Trinajstić information content (AvgIpc) is 3.10. The lowest BCUT2D eigenvalue weighted by Gasteiger charge is -2.05. The van der Waals surface area contributed by atoms with Gasteiger partial charge in [-0.15, -0.1) is 10.2 Å². The van der Waals surface area contributed by atoms with E-state index < -0.39 is 5.76 Å². The van der Waals surface area contributed by atoms with E-state index in [0.717, 1.165) is 5.82 Å². The van der Waals surface area contributed by atoms with Gasteiger partial charge in [0.15, 0.2) is 11.2 Å². The van der Waals surface area contributed by atoms with Crippen molar-refractivity contribution in [2.75, 3.05) is 5.32 Å². The van der Waals surface area contributed by atoms with Crippen LogP contribution in [0.3, 0.4) is 0 Å². The highest BCUT2D eigenvalue weighted by molar-refractivity contribution is 6.07. The zero-order valence-corrected chi connectivity index (χ0v) is 12.0. The highest BCUT2D eigenvalue weighted by Crippen LogP contribution is 2.21. The number of aromatic amines is 1. The number of hydrogen-bond acceptors (Lipinski definition) is 5. The molecule has 8 nitrogen and oxygen atoms in total. The highest BCUT2D eigenvalue weighted by Gasteiger charge is 2.13. The number of benzene rings is 1. The van der Waals surface area contributed by atoms with Crippen LogP contribution >= 0.6 is 0 Å². The molecule has 4 rings (SSSR count). The lowest BCUT2D eigenvalue weighted by molar-refractivity contribution is 0.102. The van der Waals surface area contributed by atoms with Crippen LogP contribution in [0, 0.1) is 6.92 Å². The zero-order chi connectivity index (χ0) is 16.0. The molecule has 2 N–H and O–H groups in total. The molecule has 3 heterocycles. The second-order valence-corrected chi connectivity index (χ2v) is 5.04. The van der Waals surface area contributed by atoms with Crippen LogP contribution in [0.5, 0.6) is 0 Å². The van der Waals surface area contributed by atoms with Crippen molar-refractivity contribution >= 4 is 28.3 Å². The number of nitrogens with one attached hydrogen (secondary N) is 2. The molecule has 3 aromatic heterocycles. The third-order valence-corrected chi connectivity index (χ3v) is 3.54. The summed E-state index contributed by atoms with van der Waals surface area (Å²) in [5, 5.41) is 10.7. The Balaban J connectivity index is 1.71. The molecule has 0 bridgehead atoms. The fourth-order valence-corrected chi connectivity index (χ4v) is 2.42. The molecule has 0 saturated heterocycles. The minimum Gasteiger partial charge on any atom is -0.406 e. The molecule has 1 aromatic carbocycles. The molecule has 0 aliphatic carbocycles. The fourth-order valence-electron chi connectivity index (χ4n) is 2.42. The molecule has 0 radical (unpaired) electrons. The van der Waals surface area contributed by atoms with E-state index >= 15 is 0 Å². The number of anilines is 1. The van der Waals surface area contributed by atoms with Crippen LogP contribution in [0.1, 0.15) is 16.2 Å². The number of aryl methyl sites for hydroxylation is 1. The molecule has 0 atom stereocenters. The van der Waals surface area contributed by atoms with Gasteiger partial charge in [-0.2, -0.15) is 0 Å². The molecule has 0 saturated carbocycles. The first-order chi connectivity index (χ1) is 11.1. The molecule has 0 fully saturated rings. The Morgan fingerprint density at radius 2 is 2.17 bits per heavy atom. The van der Waals surface area contributed by atoms with E-state index in [9.17, 15) is 9.59 Å². The average molecular weight is 309 g/mol. The summed E-state index contributed by atoms with van der Waals surface area (Å²) < 4.78 is 6.84. The maximum Gasteiger partial charge on any atom is 0.417 e. The van der Waals surface area contributed by atoms with Gasteiger partial charge in [0.2, 0.25) is 0 Å². The maximum absolute atomic E-state index is 12.4. The summed E-state index contributed by atoms with van der Waals surface area (Å²) in [4.78, 5) is 26.3. The lowest BCUT2D eigenvalue weighted by Crippen LogP contribution is -2.12. The summed E-state index contributed by atoms with van der Waals surface area (Å²) in [6.07, 6.45) is 1.73. The number of H-pyrrole nitrogens is 1. The number of carbonyl (C=O) groups is 1. The van der Waals surface area contributed by atoms with Gasteiger partial charge < -0.3 is 9.73 Å². The minimum atomic E-state index is -0.568. The molecule has 0 aliphatic rings. The SMILES string of the molecule is Cc1nnc2cc(C(=O)Nc3cccc4[nH]c(=O)oc34)ccn12. The van der Waals surface area contributed by atoms with Gasteiger partial charge in [0, 0.05) is 11.8 Å². The van der Waals surface area contributed by atoms with Gasteiger partial charge in [0.25, 0.3) is 5.91 Å². The number of pyridine rings is 1. The van der Waals surface area contributed by atoms with Crippen molar-refractivity contribution in [3.05, 3.63) is 58.5 Å². The number of oxazole rings is 1. The highest BCUT2D eigenvalue weighted by atomic mass is 16.4. The number of amides is 1. The summed E-state index contributed by atoms with van der Waals surface area (Å²) in [5.41, 5.74) is 2.27. The van der Waals surface area contributed by atoms with Crippen LogP contribution in [-0.2, 0) is 0 Å². The third kappa shape index (κ3) is 2.16. The number of carbonyl (C=O) groups excluding carboxylic acids is 1. The molecule has 0 spiro atoms. The smallest absolute Gasteiger partial charge is 0.406 e. The lowest BCUT2D eigenvalue weighted by atomic mass is 10.2. The quantitative estimate of drug-likeness (QED) is 0.586. The first kappa shape index (κ1) is 13.3. The molecule has 8 heteroatoms. The Labute approximate surface area is 128 Å². The third-order valence-electron chi connectivity index (χ3n) is 3.54. The Hall–Kier alpha value is -3.42. The molecule has 114 valence electrons. The second-order valence-electron chi connectivity index (χ2n) is 5.04. The van der Waals surface area contributed by atoms with Crippen molar-refractivity contribution in [2.24, 2.45) is 0 Å². The molecule has 0 aliphatic heterocycles. The summed E-state index contributed by atoms with van der Waals surface area (Å²) >= 11 is 0. The number of rotatable bonds is 2. The molecule has 1 amide bonds. The van der Waals surface area contributed by atoms with Crippen LogP contribution in [-0.4, -0.2) is 25.5 Å². The predicted molar refractivity (Wildman–Crippen MR) is 82.5 cm³/mol. The van der Waals surface area contributed by atoms with E-state index in [1.54, 1.807) is 40.9 Å². The van der Waals surface area contributed by atoms with Crippen LogP contribution < -0.4 is 11.1 Å².